The molecule has 0 amide bonds. The van der Waals surface area contributed by atoms with E-state index >= 15 is 0 Å². The van der Waals surface area contributed by atoms with E-state index in [0.29, 0.717) is 0 Å². The Kier molecular flexibility index (Phi) is 9.69. The van der Waals surface area contributed by atoms with Gasteiger partial charge in [0.2, 0.25) is 0 Å². The van der Waals surface area contributed by atoms with E-state index in [9.17, 15) is 0 Å². The minimum absolute atomic E-state index is 0.0385. The molecule has 1 heteroatoms. The van der Waals surface area contributed by atoms with Gasteiger partial charge in [-0.05, 0) is 160 Å². The molecule has 0 heterocycles. The zero-order chi connectivity index (χ0) is 48.3. The summed E-state index contributed by atoms with van der Waals surface area (Å²) >= 11 is 0. The summed E-state index contributed by atoms with van der Waals surface area (Å²) in [5.74, 6) is 0. The number of rotatable bonds is 7. The monoisotopic (exact) mass is 913 g/mol. The molecule has 0 atom stereocenters. The molecule has 1 nitrogen and oxygen atoms in total. The maximum atomic E-state index is 2.61. The van der Waals surface area contributed by atoms with E-state index in [1.165, 1.54) is 105 Å². The van der Waals surface area contributed by atoms with Gasteiger partial charge in [0.05, 0.1) is 11.1 Å². The summed E-state index contributed by atoms with van der Waals surface area (Å²) in [4.78, 5) is 2.60. The molecule has 71 heavy (non-hydrogen) atoms. The first-order chi connectivity index (χ1) is 34.4. The first kappa shape index (κ1) is 43.3. The van der Waals surface area contributed by atoms with Gasteiger partial charge in [-0.25, -0.2) is 0 Å². The highest BCUT2D eigenvalue weighted by Crippen LogP contribution is 2.61. The zero-order valence-corrected chi connectivity index (χ0v) is 41.7. The average Bonchev–Trinajstić information content (AvgIpc) is 3.82. The number of hydrogen-bond acceptors (Lipinski definition) is 1. The molecule has 344 valence electrons. The second kappa shape index (κ2) is 15.9. The topological polar surface area (TPSA) is 3.24 Å². The molecule has 0 bridgehead atoms. The Morgan fingerprint density at radius 3 is 1.59 bits per heavy atom. The molecule has 0 aromatic heterocycles. The van der Waals surface area contributed by atoms with E-state index < -0.39 is 5.41 Å². The van der Waals surface area contributed by atoms with E-state index in [2.05, 4.69) is 271 Å². The molecular formula is C70H59N. The second-order valence-corrected chi connectivity index (χ2v) is 22.3. The zero-order valence-electron chi connectivity index (χ0n) is 41.7. The second-order valence-electron chi connectivity index (χ2n) is 22.3. The quantitative estimate of drug-likeness (QED) is 0.154. The van der Waals surface area contributed by atoms with Crippen molar-refractivity contribution in [2.24, 2.45) is 0 Å². The molecule has 13 rings (SSSR count). The van der Waals surface area contributed by atoms with Crippen molar-refractivity contribution in [3.8, 4) is 44.5 Å². The SMILES string of the molecule is CC1(C)CCC(C)(C)c2c(-c3cc4c(cc3N(c3ccc(-c5ccc6ccccc6c5)cc3)c3ccc5c(c3)C(C)(C)c3ccccc3-5)C(c3ccccc3)(c3ccccc3)c3ccccc3-4)cccc21. The van der Waals surface area contributed by atoms with E-state index in [-0.39, 0.29) is 16.2 Å². The van der Waals surface area contributed by atoms with Gasteiger partial charge in [-0.2, -0.15) is 0 Å². The lowest BCUT2D eigenvalue weighted by Gasteiger charge is -2.43. The van der Waals surface area contributed by atoms with Gasteiger partial charge in [0.15, 0.2) is 0 Å². The summed E-state index contributed by atoms with van der Waals surface area (Å²) in [7, 11) is 0. The predicted molar refractivity (Wildman–Crippen MR) is 300 cm³/mol. The Hall–Kier alpha value is -7.74. The molecule has 0 unspecified atom stereocenters. The Morgan fingerprint density at radius 2 is 0.873 bits per heavy atom. The van der Waals surface area contributed by atoms with Crippen molar-refractivity contribution in [2.75, 3.05) is 4.90 Å². The van der Waals surface area contributed by atoms with Gasteiger partial charge in [0.1, 0.15) is 0 Å². The molecule has 3 aliphatic carbocycles. The fourth-order valence-corrected chi connectivity index (χ4v) is 13.3. The van der Waals surface area contributed by atoms with Crippen LogP contribution in [0.1, 0.15) is 98.9 Å². The van der Waals surface area contributed by atoms with Crippen LogP contribution in [-0.2, 0) is 21.7 Å². The van der Waals surface area contributed by atoms with Crippen molar-refractivity contribution < 1.29 is 0 Å². The highest BCUT2D eigenvalue weighted by atomic mass is 15.1. The normalized spacial score (nSPS) is 16.1. The van der Waals surface area contributed by atoms with Crippen molar-refractivity contribution in [3.63, 3.8) is 0 Å². The van der Waals surface area contributed by atoms with Gasteiger partial charge in [0.25, 0.3) is 0 Å². The van der Waals surface area contributed by atoms with Crippen LogP contribution in [0, 0.1) is 0 Å². The summed E-state index contributed by atoms with van der Waals surface area (Å²) in [5.41, 5.74) is 23.7. The Morgan fingerprint density at radius 1 is 0.324 bits per heavy atom. The molecule has 0 aliphatic heterocycles. The van der Waals surface area contributed by atoms with Crippen LogP contribution < -0.4 is 4.90 Å². The molecule has 0 spiro atoms. The van der Waals surface area contributed by atoms with Crippen molar-refractivity contribution in [3.05, 3.63) is 269 Å². The Balaban J connectivity index is 1.14. The molecule has 0 saturated heterocycles. The molecule has 0 N–H and O–H groups in total. The summed E-state index contributed by atoms with van der Waals surface area (Å²) in [5, 5.41) is 2.50. The van der Waals surface area contributed by atoms with Crippen molar-refractivity contribution >= 4 is 27.8 Å². The van der Waals surface area contributed by atoms with Gasteiger partial charge in [0, 0.05) is 22.4 Å². The lowest BCUT2D eigenvalue weighted by atomic mass is 9.61. The van der Waals surface area contributed by atoms with Crippen LogP contribution in [0.25, 0.3) is 55.3 Å². The molecule has 0 saturated carbocycles. The fraction of sp³-hybridized carbons (Fsp3) is 0.171. The molecule has 3 aliphatic rings. The van der Waals surface area contributed by atoms with Crippen LogP contribution >= 0.6 is 0 Å². The highest BCUT2D eigenvalue weighted by molar-refractivity contribution is 5.98. The Bertz CT molecular complexity index is 3680. The minimum atomic E-state index is -0.577. The third-order valence-electron chi connectivity index (χ3n) is 17.0. The van der Waals surface area contributed by atoms with Gasteiger partial charge in [-0.1, -0.05) is 224 Å². The molecule has 0 fully saturated rings. The van der Waals surface area contributed by atoms with E-state index in [4.69, 9.17) is 0 Å². The molecule has 10 aromatic carbocycles. The third-order valence-corrected chi connectivity index (χ3v) is 17.0. The number of hydrogen-bond donors (Lipinski definition) is 0. The predicted octanol–water partition coefficient (Wildman–Crippen LogP) is 18.7. The van der Waals surface area contributed by atoms with Crippen LogP contribution in [0.15, 0.2) is 224 Å². The number of fused-ring (bicyclic) bond motifs is 8. The van der Waals surface area contributed by atoms with E-state index in [1.807, 2.05) is 0 Å². The smallest absolute Gasteiger partial charge is 0.0714 e. The Labute approximate surface area is 420 Å². The van der Waals surface area contributed by atoms with E-state index in [0.717, 1.165) is 24.2 Å². The van der Waals surface area contributed by atoms with Crippen LogP contribution in [0.3, 0.4) is 0 Å². The molecule has 10 aromatic rings. The third kappa shape index (κ3) is 6.52. The lowest BCUT2D eigenvalue weighted by Crippen LogP contribution is -2.34. The minimum Gasteiger partial charge on any atom is -0.310 e. The highest BCUT2D eigenvalue weighted by Gasteiger charge is 2.48. The summed E-state index contributed by atoms with van der Waals surface area (Å²) < 4.78 is 0. The number of nitrogens with zero attached hydrogens (tertiary/aromatic N) is 1. The van der Waals surface area contributed by atoms with Gasteiger partial charge in [-0.3, -0.25) is 0 Å². The maximum Gasteiger partial charge on any atom is 0.0714 e. The van der Waals surface area contributed by atoms with Crippen LogP contribution in [0.5, 0.6) is 0 Å². The van der Waals surface area contributed by atoms with Gasteiger partial charge in [-0.15, -0.1) is 0 Å². The number of anilines is 3. The van der Waals surface area contributed by atoms with Crippen molar-refractivity contribution in [1.82, 2.24) is 0 Å². The maximum absolute atomic E-state index is 2.61. The molecular weight excluding hydrogens is 855 g/mol. The number of benzene rings is 10. The van der Waals surface area contributed by atoms with Crippen LogP contribution in [0.2, 0.25) is 0 Å². The summed E-state index contributed by atoms with van der Waals surface area (Å²) in [6.07, 6.45) is 2.28. The van der Waals surface area contributed by atoms with Gasteiger partial charge < -0.3 is 4.90 Å². The molecule has 0 radical (unpaired) electrons. The van der Waals surface area contributed by atoms with E-state index in [1.54, 1.807) is 0 Å². The summed E-state index contributed by atoms with van der Waals surface area (Å²) in [6.45, 7) is 14.7. The first-order valence-corrected chi connectivity index (χ1v) is 25.6. The van der Waals surface area contributed by atoms with Crippen LogP contribution in [-0.4, -0.2) is 0 Å². The largest absolute Gasteiger partial charge is 0.310 e. The first-order valence-electron chi connectivity index (χ1n) is 25.6. The van der Waals surface area contributed by atoms with Gasteiger partial charge >= 0.3 is 0 Å². The van der Waals surface area contributed by atoms with Crippen molar-refractivity contribution in [2.45, 2.75) is 76.0 Å². The van der Waals surface area contributed by atoms with Crippen LogP contribution in [0.4, 0.5) is 17.1 Å². The fourth-order valence-electron chi connectivity index (χ4n) is 13.3. The standard InChI is InChI=1S/C70H59N/c1-67(2)40-41-68(3,4)66-57(28-19-31-62(66)67)59-44-58-55-27-16-18-30-61(55)70(50-22-9-7-10-23-50,51-24-11-8-12-25-51)64(58)45-65(59)71(53-38-39-56-54-26-15-17-29-60(54)69(5,6)63(56)43-53)52-36-34-47(35-37-52)49-33-32-46-20-13-14-21-48(46)42-49/h7-39,42-45H,40-41H2,1-6H3. The lowest BCUT2D eigenvalue weighted by molar-refractivity contribution is 0.333. The summed E-state index contributed by atoms with van der Waals surface area (Å²) in [6, 6.07) is 85.3. The van der Waals surface area contributed by atoms with Crippen molar-refractivity contribution in [1.29, 1.82) is 0 Å². The average molecular weight is 914 g/mol.